The smallest absolute Gasteiger partial charge is 0.248 e. The molecule has 35 heavy (non-hydrogen) atoms. The van der Waals surface area contributed by atoms with Gasteiger partial charge >= 0.3 is 0 Å². The van der Waals surface area contributed by atoms with Crippen LogP contribution in [-0.2, 0) is 13.0 Å². The zero-order chi connectivity index (χ0) is 24.9. The zero-order valence-electron chi connectivity index (χ0n) is 19.4. The molecule has 7 nitrogen and oxygen atoms in total. The number of anilines is 1. The normalized spacial score (nSPS) is 18.7. The number of amides is 1. The van der Waals surface area contributed by atoms with E-state index >= 15 is 0 Å². The standard InChI is InChI=1S/C26H27Cl2N5O2/c1-14-22(17-3-2-4-19(27)21(17)28)32-20(13-34)25(31-14)33-9-7-26(8-10-33)12-16-6-5-15(24(30)35)11-18(16)23(26)29/h2-6,11,23,34H,7-10,12-13,29H2,1H3,(H2,30,35)/t23-/m1/s1. The summed E-state index contributed by atoms with van der Waals surface area (Å²) in [5, 5.41) is 11.0. The summed E-state index contributed by atoms with van der Waals surface area (Å²) >= 11 is 12.6. The highest BCUT2D eigenvalue weighted by Crippen LogP contribution is 2.51. The molecule has 2 aliphatic rings. The maximum absolute atomic E-state index is 11.6. The summed E-state index contributed by atoms with van der Waals surface area (Å²) < 4.78 is 0. The monoisotopic (exact) mass is 511 g/mol. The van der Waals surface area contributed by atoms with Crippen LogP contribution in [0.5, 0.6) is 0 Å². The van der Waals surface area contributed by atoms with Crippen molar-refractivity contribution in [2.24, 2.45) is 16.9 Å². The third-order valence-electron chi connectivity index (χ3n) is 7.50. The van der Waals surface area contributed by atoms with Gasteiger partial charge in [-0.05, 0) is 60.9 Å². The van der Waals surface area contributed by atoms with E-state index in [1.165, 1.54) is 5.56 Å². The molecule has 1 spiro atoms. The van der Waals surface area contributed by atoms with Crippen molar-refractivity contribution in [3.8, 4) is 11.3 Å². The van der Waals surface area contributed by atoms with Gasteiger partial charge in [-0.2, -0.15) is 0 Å². The first-order chi connectivity index (χ1) is 16.7. The molecule has 1 aliphatic heterocycles. The van der Waals surface area contributed by atoms with E-state index in [0.717, 1.165) is 37.9 Å². The van der Waals surface area contributed by atoms with Gasteiger partial charge in [0, 0.05) is 30.3 Å². The Hall–Kier alpha value is -2.71. The third-order valence-corrected chi connectivity index (χ3v) is 8.32. The molecule has 1 aromatic heterocycles. The van der Waals surface area contributed by atoms with Crippen LogP contribution in [0.2, 0.25) is 10.0 Å². The third kappa shape index (κ3) is 4.06. The van der Waals surface area contributed by atoms with Crippen LogP contribution in [0.15, 0.2) is 36.4 Å². The van der Waals surface area contributed by atoms with Crippen LogP contribution in [0.1, 0.15) is 51.8 Å². The summed E-state index contributed by atoms with van der Waals surface area (Å²) in [6, 6.07) is 10.8. The van der Waals surface area contributed by atoms with Crippen LogP contribution in [-0.4, -0.2) is 34.1 Å². The van der Waals surface area contributed by atoms with Crippen molar-refractivity contribution in [1.29, 1.82) is 0 Å². The van der Waals surface area contributed by atoms with E-state index in [0.29, 0.717) is 44.1 Å². The lowest BCUT2D eigenvalue weighted by molar-refractivity contribution is 0.1000. The molecule has 2 aromatic carbocycles. The topological polar surface area (TPSA) is 118 Å². The lowest BCUT2D eigenvalue weighted by Gasteiger charge is -2.43. The van der Waals surface area contributed by atoms with E-state index in [-0.39, 0.29) is 18.1 Å². The Morgan fingerprint density at radius 3 is 2.63 bits per heavy atom. The number of aromatic nitrogens is 2. The number of hydrogen-bond donors (Lipinski definition) is 3. The second kappa shape index (κ2) is 9.06. The molecule has 0 radical (unpaired) electrons. The summed E-state index contributed by atoms with van der Waals surface area (Å²) in [5.74, 6) is 0.241. The zero-order valence-corrected chi connectivity index (χ0v) is 20.9. The Morgan fingerprint density at radius 2 is 1.94 bits per heavy atom. The molecule has 5 rings (SSSR count). The Labute approximate surface area is 214 Å². The van der Waals surface area contributed by atoms with Crippen LogP contribution in [0.4, 0.5) is 5.82 Å². The first-order valence-corrected chi connectivity index (χ1v) is 12.4. The second-order valence-corrected chi connectivity index (χ2v) is 10.3. The Morgan fingerprint density at radius 1 is 1.20 bits per heavy atom. The molecule has 5 N–H and O–H groups in total. The first kappa shape index (κ1) is 24.0. The highest BCUT2D eigenvalue weighted by atomic mass is 35.5. The fourth-order valence-electron chi connectivity index (χ4n) is 5.51. The number of nitrogens with zero attached hydrogens (tertiary/aromatic N) is 3. The van der Waals surface area contributed by atoms with Crippen molar-refractivity contribution in [3.63, 3.8) is 0 Å². The minimum atomic E-state index is -0.441. The van der Waals surface area contributed by atoms with E-state index in [1.807, 2.05) is 31.2 Å². The number of piperidine rings is 1. The lowest BCUT2D eigenvalue weighted by Crippen LogP contribution is -2.45. The molecule has 1 amide bonds. The van der Waals surface area contributed by atoms with Gasteiger partial charge in [0.05, 0.1) is 28.0 Å². The Kier molecular flexibility index (Phi) is 6.21. The number of hydrogen-bond acceptors (Lipinski definition) is 6. The van der Waals surface area contributed by atoms with Crippen LogP contribution in [0.25, 0.3) is 11.3 Å². The number of halogens is 2. The van der Waals surface area contributed by atoms with Gasteiger partial charge in [0.25, 0.3) is 0 Å². The van der Waals surface area contributed by atoms with E-state index in [4.69, 9.17) is 44.6 Å². The molecular formula is C26H27Cl2N5O2. The van der Waals surface area contributed by atoms with Crippen molar-refractivity contribution in [3.05, 3.63) is 74.5 Å². The van der Waals surface area contributed by atoms with E-state index in [2.05, 4.69) is 4.90 Å². The summed E-state index contributed by atoms with van der Waals surface area (Å²) in [4.78, 5) is 23.4. The van der Waals surface area contributed by atoms with Crippen molar-refractivity contribution >= 4 is 34.9 Å². The minimum absolute atomic E-state index is 0.0782. The van der Waals surface area contributed by atoms with Gasteiger partial charge in [-0.25, -0.2) is 9.97 Å². The van der Waals surface area contributed by atoms with Crippen molar-refractivity contribution in [2.75, 3.05) is 18.0 Å². The van der Waals surface area contributed by atoms with Crippen LogP contribution < -0.4 is 16.4 Å². The molecule has 182 valence electrons. The lowest BCUT2D eigenvalue weighted by atomic mass is 9.73. The van der Waals surface area contributed by atoms with Gasteiger partial charge in [0.2, 0.25) is 5.91 Å². The molecule has 1 aliphatic carbocycles. The predicted molar refractivity (Wildman–Crippen MR) is 138 cm³/mol. The quantitative estimate of drug-likeness (QED) is 0.483. The summed E-state index contributed by atoms with van der Waals surface area (Å²) in [7, 11) is 0. The van der Waals surface area contributed by atoms with Gasteiger partial charge in [-0.3, -0.25) is 4.79 Å². The van der Waals surface area contributed by atoms with E-state index in [1.54, 1.807) is 12.1 Å². The average molecular weight is 512 g/mol. The van der Waals surface area contributed by atoms with Gasteiger partial charge in [-0.1, -0.05) is 41.4 Å². The van der Waals surface area contributed by atoms with E-state index in [9.17, 15) is 9.90 Å². The fraction of sp³-hybridized carbons (Fsp3) is 0.346. The number of aliphatic hydroxyl groups is 1. The highest BCUT2D eigenvalue weighted by molar-refractivity contribution is 6.43. The number of carbonyl (C=O) groups is 1. The number of carbonyl (C=O) groups excluding carboxylic acids is 1. The molecule has 2 heterocycles. The number of benzene rings is 2. The predicted octanol–water partition coefficient (Wildman–Crippen LogP) is 4.19. The first-order valence-electron chi connectivity index (χ1n) is 11.6. The average Bonchev–Trinajstić information content (AvgIpc) is 3.12. The molecule has 9 heteroatoms. The van der Waals surface area contributed by atoms with Crippen molar-refractivity contribution in [2.45, 2.75) is 38.8 Å². The van der Waals surface area contributed by atoms with Gasteiger partial charge in [0.15, 0.2) is 5.82 Å². The molecule has 0 saturated carbocycles. The summed E-state index contributed by atoms with van der Waals surface area (Å²) in [6.07, 6.45) is 2.60. The number of primary amides is 1. The van der Waals surface area contributed by atoms with E-state index < -0.39 is 5.91 Å². The summed E-state index contributed by atoms with van der Waals surface area (Å²) in [5.41, 5.74) is 17.3. The second-order valence-electron chi connectivity index (χ2n) is 9.47. The largest absolute Gasteiger partial charge is 0.390 e. The van der Waals surface area contributed by atoms with Gasteiger partial charge < -0.3 is 21.5 Å². The molecule has 0 unspecified atom stereocenters. The maximum atomic E-state index is 11.6. The van der Waals surface area contributed by atoms with Crippen molar-refractivity contribution < 1.29 is 9.90 Å². The molecule has 1 fully saturated rings. The fourth-order valence-corrected chi connectivity index (χ4v) is 5.90. The maximum Gasteiger partial charge on any atom is 0.248 e. The Bertz CT molecular complexity index is 1320. The van der Waals surface area contributed by atoms with Crippen LogP contribution >= 0.6 is 23.2 Å². The van der Waals surface area contributed by atoms with Crippen LogP contribution in [0, 0.1) is 12.3 Å². The molecule has 0 bridgehead atoms. The number of aliphatic hydroxyl groups excluding tert-OH is 1. The number of fused-ring (bicyclic) bond motifs is 1. The number of aryl methyl sites for hydroxylation is 1. The van der Waals surface area contributed by atoms with Gasteiger partial charge in [0.1, 0.15) is 5.69 Å². The SMILES string of the molecule is Cc1nc(N2CCC3(CC2)Cc2ccc(C(N)=O)cc2[C@H]3N)c(CO)nc1-c1cccc(Cl)c1Cl. The molecule has 1 atom stereocenters. The van der Waals surface area contributed by atoms with Crippen molar-refractivity contribution in [1.82, 2.24) is 9.97 Å². The Balaban J connectivity index is 1.40. The summed E-state index contributed by atoms with van der Waals surface area (Å²) in [6.45, 7) is 3.12. The highest BCUT2D eigenvalue weighted by Gasteiger charge is 2.46. The number of rotatable bonds is 4. The van der Waals surface area contributed by atoms with Gasteiger partial charge in [-0.15, -0.1) is 0 Å². The number of nitrogens with two attached hydrogens (primary N) is 2. The molecular weight excluding hydrogens is 485 g/mol. The molecule has 3 aromatic rings. The van der Waals surface area contributed by atoms with Crippen LogP contribution in [0.3, 0.4) is 0 Å². The minimum Gasteiger partial charge on any atom is -0.390 e. The molecule has 1 saturated heterocycles.